The number of hydrogen-bond acceptors (Lipinski definition) is 10. The van der Waals surface area contributed by atoms with Crippen LogP contribution in [0.4, 0.5) is 0 Å². The molecule has 1 saturated heterocycles. The van der Waals surface area contributed by atoms with E-state index in [9.17, 15) is 15.0 Å². The second-order valence-electron chi connectivity index (χ2n) is 5.77. The van der Waals surface area contributed by atoms with Crippen molar-refractivity contribution in [1.82, 2.24) is 4.98 Å². The summed E-state index contributed by atoms with van der Waals surface area (Å²) in [6.07, 6.45) is -3.08. The lowest BCUT2D eigenvalue weighted by molar-refractivity contribution is -0.248. The molecule has 28 heavy (non-hydrogen) atoms. The van der Waals surface area contributed by atoms with Gasteiger partial charge in [0.05, 0.1) is 18.2 Å². The minimum Gasteiger partial charge on any atom is -0.423 e. The highest BCUT2D eigenvalue weighted by Crippen LogP contribution is 2.17. The zero-order chi connectivity index (χ0) is 20.5. The minimum absolute atomic E-state index is 0.302. The first-order valence-corrected chi connectivity index (χ1v) is 9.25. The number of hydrogen-bond donors (Lipinski definition) is 5. The lowest BCUT2D eigenvalue weighted by Crippen LogP contribution is -2.61. The molecule has 5 atom stereocenters. The number of nitrogens with zero attached hydrogens (tertiary/aromatic N) is 1. The van der Waals surface area contributed by atoms with Gasteiger partial charge in [-0.2, -0.15) is 0 Å². The summed E-state index contributed by atoms with van der Waals surface area (Å²) in [6.45, 7) is -0.470. The van der Waals surface area contributed by atoms with E-state index in [2.05, 4.69) is 4.98 Å². The van der Waals surface area contributed by atoms with Gasteiger partial charge in [0.1, 0.15) is 23.9 Å². The van der Waals surface area contributed by atoms with Gasteiger partial charge in [0.25, 0.3) is 0 Å². The second-order valence-corrected chi connectivity index (χ2v) is 6.53. The van der Waals surface area contributed by atoms with Gasteiger partial charge in [-0.1, -0.05) is 18.2 Å². The number of aliphatic hydroxyl groups is 4. The van der Waals surface area contributed by atoms with E-state index in [0.717, 1.165) is 5.39 Å². The molecule has 1 aliphatic heterocycles. The average Bonchev–Trinajstić information content (AvgIpc) is 3.30. The number of ether oxygens (including phenoxy) is 1. The summed E-state index contributed by atoms with van der Waals surface area (Å²) in [5, 5.41) is 38.9. The number of nitrogens with two attached hydrogens (primary N) is 1. The van der Waals surface area contributed by atoms with Crippen molar-refractivity contribution in [3.63, 3.8) is 0 Å². The maximum atomic E-state index is 10.7. The van der Waals surface area contributed by atoms with Crippen LogP contribution in [0.15, 0.2) is 62.7 Å². The van der Waals surface area contributed by atoms with Gasteiger partial charge in [0.2, 0.25) is 0 Å². The van der Waals surface area contributed by atoms with Crippen LogP contribution in [0.2, 0.25) is 0 Å². The fourth-order valence-corrected chi connectivity index (χ4v) is 2.66. The van der Waals surface area contributed by atoms with Crippen molar-refractivity contribution in [1.29, 1.82) is 0 Å². The van der Waals surface area contributed by atoms with E-state index in [1.807, 2.05) is 23.6 Å². The molecule has 0 radical (unpaired) electrons. The molecule has 3 aromatic rings. The number of aromatic nitrogens is 1. The third-order valence-corrected chi connectivity index (χ3v) is 4.35. The molecule has 10 heteroatoms. The van der Waals surface area contributed by atoms with Gasteiger partial charge in [-0.05, 0) is 12.1 Å². The summed E-state index contributed by atoms with van der Waals surface area (Å²) >= 11 is 1.60. The molecule has 6 N–H and O–H groups in total. The van der Waals surface area contributed by atoms with Crippen molar-refractivity contribution in [2.75, 3.05) is 6.61 Å². The highest BCUT2D eigenvalue weighted by Gasteiger charge is 2.41. The van der Waals surface area contributed by atoms with E-state index in [1.165, 1.54) is 6.07 Å². The van der Waals surface area contributed by atoms with Gasteiger partial charge in [0.15, 0.2) is 6.29 Å². The number of rotatable bonds is 1. The smallest absolute Gasteiger partial charge is 0.336 e. The van der Waals surface area contributed by atoms with Crippen LogP contribution in [0, 0.1) is 0 Å². The Kier molecular flexibility index (Phi) is 8.67. The number of benzene rings is 1. The second kappa shape index (κ2) is 11.0. The van der Waals surface area contributed by atoms with Crippen LogP contribution in [0.25, 0.3) is 11.0 Å². The molecule has 1 unspecified atom stereocenters. The summed E-state index contributed by atoms with van der Waals surface area (Å²) in [5.74, 6) is 0. The summed E-state index contributed by atoms with van der Waals surface area (Å²) in [5.41, 5.74) is 7.39. The van der Waals surface area contributed by atoms with E-state index in [4.69, 9.17) is 25.1 Å². The van der Waals surface area contributed by atoms with Gasteiger partial charge < -0.3 is 35.3 Å². The van der Waals surface area contributed by atoms with E-state index in [-0.39, 0.29) is 5.63 Å². The fraction of sp³-hybridized carbons (Fsp3) is 0.333. The van der Waals surface area contributed by atoms with Crippen molar-refractivity contribution < 1.29 is 29.6 Å². The Morgan fingerprint density at radius 1 is 1.11 bits per heavy atom. The molecule has 0 amide bonds. The van der Waals surface area contributed by atoms with E-state index < -0.39 is 37.3 Å². The number of thiazole rings is 1. The van der Waals surface area contributed by atoms with Gasteiger partial charge in [0, 0.05) is 23.0 Å². The zero-order valence-electron chi connectivity index (χ0n) is 14.7. The summed E-state index contributed by atoms with van der Waals surface area (Å²) in [4.78, 5) is 14.5. The van der Waals surface area contributed by atoms with Gasteiger partial charge >= 0.3 is 5.63 Å². The largest absolute Gasteiger partial charge is 0.423 e. The molecular formula is C18H22N2O7S. The van der Waals surface area contributed by atoms with Crippen molar-refractivity contribution in [2.45, 2.75) is 30.6 Å². The first-order chi connectivity index (χ1) is 13.4. The Morgan fingerprint density at radius 3 is 2.46 bits per heavy atom. The lowest BCUT2D eigenvalue weighted by Gasteiger charge is -2.38. The number of aliphatic hydroxyl groups excluding tert-OH is 4. The summed E-state index contributed by atoms with van der Waals surface area (Å²) in [6, 6.07) is 9.55. The SMILES string of the molecule is N[C@H]1C(O)O[C@H](CO)[C@@H](O)[C@@H]1O.O=c1ccc2ccccc2o1.c1cscn1. The number of fused-ring (bicyclic) bond motifs is 1. The van der Waals surface area contributed by atoms with Crippen molar-refractivity contribution in [3.8, 4) is 0 Å². The molecule has 0 bridgehead atoms. The van der Waals surface area contributed by atoms with Crippen LogP contribution in [0.1, 0.15) is 0 Å². The quantitative estimate of drug-likeness (QED) is 0.339. The van der Waals surface area contributed by atoms with Crippen molar-refractivity contribution in [3.05, 3.63) is 63.9 Å². The van der Waals surface area contributed by atoms with Crippen LogP contribution >= 0.6 is 11.3 Å². The Bertz CT molecular complexity index is 852. The molecule has 152 valence electrons. The van der Waals surface area contributed by atoms with Crippen molar-refractivity contribution in [2.24, 2.45) is 5.73 Å². The molecule has 1 aliphatic rings. The summed E-state index contributed by atoms with van der Waals surface area (Å²) in [7, 11) is 0. The molecule has 3 heterocycles. The molecular weight excluding hydrogens is 388 g/mol. The molecule has 0 aliphatic carbocycles. The third kappa shape index (κ3) is 6.17. The fourth-order valence-electron chi connectivity index (χ4n) is 2.30. The van der Waals surface area contributed by atoms with Crippen LogP contribution in [0.5, 0.6) is 0 Å². The predicted molar refractivity (Wildman–Crippen MR) is 103 cm³/mol. The van der Waals surface area contributed by atoms with E-state index in [0.29, 0.717) is 5.58 Å². The first kappa shape index (κ1) is 22.1. The van der Waals surface area contributed by atoms with Crippen molar-refractivity contribution >= 4 is 22.3 Å². The molecule has 1 aromatic carbocycles. The molecule has 2 aromatic heterocycles. The van der Waals surface area contributed by atoms with Crippen LogP contribution in [0.3, 0.4) is 0 Å². The van der Waals surface area contributed by atoms with Gasteiger partial charge in [-0.3, -0.25) is 4.98 Å². The Morgan fingerprint density at radius 2 is 1.86 bits per heavy atom. The topological polar surface area (TPSA) is 159 Å². The first-order valence-electron chi connectivity index (χ1n) is 8.31. The summed E-state index contributed by atoms with van der Waals surface area (Å²) < 4.78 is 9.61. The normalized spacial score (nSPS) is 26.5. The maximum Gasteiger partial charge on any atom is 0.336 e. The van der Waals surface area contributed by atoms with Crippen LogP contribution in [-0.4, -0.2) is 62.7 Å². The third-order valence-electron chi connectivity index (χ3n) is 3.82. The molecule has 4 rings (SSSR count). The van der Waals surface area contributed by atoms with Crippen LogP contribution in [-0.2, 0) is 4.74 Å². The Hall–Kier alpha value is -2.18. The Labute approximate surface area is 164 Å². The van der Waals surface area contributed by atoms with E-state index in [1.54, 1.807) is 35.2 Å². The molecule has 0 spiro atoms. The zero-order valence-corrected chi connectivity index (χ0v) is 15.6. The standard InChI is InChI=1S/C9H6O2.C6H13NO5.C3H3NS/c10-9-6-5-7-3-1-2-4-8(7)11-9;7-3-5(10)4(9)2(1-8)12-6(3)11;1-2-5-3-4-1/h1-6H;2-6,8-11H,1,7H2;1-3H/t;2-,3-,4-,5-,6?;/m.1./s1. The predicted octanol–water partition coefficient (Wildman–Crippen LogP) is -0.319. The maximum absolute atomic E-state index is 10.7. The van der Waals surface area contributed by atoms with Gasteiger partial charge in [-0.15, -0.1) is 11.3 Å². The van der Waals surface area contributed by atoms with Gasteiger partial charge in [-0.25, -0.2) is 4.79 Å². The highest BCUT2D eigenvalue weighted by atomic mass is 32.1. The minimum atomic E-state index is -1.35. The van der Waals surface area contributed by atoms with E-state index >= 15 is 0 Å². The highest BCUT2D eigenvalue weighted by molar-refractivity contribution is 7.07. The van der Waals surface area contributed by atoms with Crippen LogP contribution < -0.4 is 11.4 Å². The monoisotopic (exact) mass is 410 g/mol. The lowest BCUT2D eigenvalue weighted by atomic mass is 9.98. The molecule has 0 saturated carbocycles. The molecule has 9 nitrogen and oxygen atoms in total. The Balaban J connectivity index is 0.000000162. The number of para-hydroxylation sites is 1. The average molecular weight is 410 g/mol. The molecule has 1 fully saturated rings.